The molecule has 1 aliphatic rings. The zero-order valence-corrected chi connectivity index (χ0v) is 10.1. The van der Waals surface area contributed by atoms with Gasteiger partial charge in [-0.3, -0.25) is 4.98 Å². The molecule has 2 rings (SSSR count). The molecular weight excluding hydrogens is 200 g/mol. The minimum Gasteiger partial charge on any atom is -0.387 e. The van der Waals surface area contributed by atoms with Gasteiger partial charge < -0.3 is 10.0 Å². The lowest BCUT2D eigenvalue weighted by atomic mass is 10.1. The summed E-state index contributed by atoms with van der Waals surface area (Å²) in [7, 11) is 0. The van der Waals surface area contributed by atoms with Crippen molar-refractivity contribution in [3.8, 4) is 0 Å². The first-order valence-corrected chi connectivity index (χ1v) is 6.13. The van der Waals surface area contributed by atoms with Crippen molar-refractivity contribution in [1.29, 1.82) is 0 Å². The van der Waals surface area contributed by atoms with Crippen molar-refractivity contribution in [2.24, 2.45) is 0 Å². The van der Waals surface area contributed by atoms with Crippen LogP contribution in [0.4, 0.5) is 5.69 Å². The summed E-state index contributed by atoms with van der Waals surface area (Å²) in [5.41, 5.74) is 1.93. The van der Waals surface area contributed by atoms with E-state index in [2.05, 4.69) is 22.9 Å². The van der Waals surface area contributed by atoms with Crippen LogP contribution in [0.15, 0.2) is 18.3 Å². The molecule has 1 N–H and O–H groups in total. The Bertz CT molecular complexity index is 334. The summed E-state index contributed by atoms with van der Waals surface area (Å²) in [4.78, 5) is 6.73. The Morgan fingerprint density at radius 1 is 1.56 bits per heavy atom. The topological polar surface area (TPSA) is 36.4 Å². The third-order valence-electron chi connectivity index (χ3n) is 3.38. The largest absolute Gasteiger partial charge is 0.387 e. The predicted octanol–water partition coefficient (Wildman–Crippen LogP) is 2.51. The van der Waals surface area contributed by atoms with E-state index in [-0.39, 0.29) is 0 Å². The summed E-state index contributed by atoms with van der Waals surface area (Å²) >= 11 is 0. The zero-order chi connectivity index (χ0) is 11.5. The third kappa shape index (κ3) is 2.19. The Balaban J connectivity index is 2.15. The van der Waals surface area contributed by atoms with Gasteiger partial charge in [0.25, 0.3) is 0 Å². The summed E-state index contributed by atoms with van der Waals surface area (Å²) in [6, 6.07) is 4.66. The Morgan fingerprint density at radius 3 is 2.94 bits per heavy atom. The standard InChI is InChI=1S/C13H20N2O/c1-3-11-5-4-8-15(11)12-6-7-13(10(2)16)14-9-12/h6-7,9-11,16H,3-5,8H2,1-2H3/t10-,11?/m1/s1. The SMILES string of the molecule is CCC1CCCN1c1ccc([C@@H](C)O)nc1. The van der Waals surface area contributed by atoms with Crippen molar-refractivity contribution in [2.75, 3.05) is 11.4 Å². The van der Waals surface area contributed by atoms with Gasteiger partial charge in [0.15, 0.2) is 0 Å². The monoisotopic (exact) mass is 220 g/mol. The minimum atomic E-state index is -0.477. The van der Waals surface area contributed by atoms with Gasteiger partial charge in [-0.25, -0.2) is 0 Å². The van der Waals surface area contributed by atoms with Gasteiger partial charge in [0.1, 0.15) is 0 Å². The van der Waals surface area contributed by atoms with Crippen LogP contribution in [-0.4, -0.2) is 22.7 Å². The average Bonchev–Trinajstić information content (AvgIpc) is 2.77. The Kier molecular flexibility index (Phi) is 3.44. The summed E-state index contributed by atoms with van der Waals surface area (Å²) in [5, 5.41) is 9.40. The van der Waals surface area contributed by atoms with E-state index in [9.17, 15) is 5.11 Å². The molecule has 0 spiro atoms. The molecule has 1 aromatic rings. The molecular formula is C13H20N2O. The molecule has 1 aliphatic heterocycles. The molecule has 0 radical (unpaired) electrons. The summed E-state index contributed by atoms with van der Waals surface area (Å²) in [5.74, 6) is 0. The van der Waals surface area contributed by atoms with E-state index in [1.807, 2.05) is 12.3 Å². The van der Waals surface area contributed by atoms with E-state index in [0.717, 1.165) is 12.2 Å². The molecule has 1 saturated heterocycles. The number of hydrogen-bond acceptors (Lipinski definition) is 3. The highest BCUT2D eigenvalue weighted by molar-refractivity contribution is 5.46. The molecule has 2 atom stereocenters. The Morgan fingerprint density at radius 2 is 2.38 bits per heavy atom. The van der Waals surface area contributed by atoms with Gasteiger partial charge in [0, 0.05) is 12.6 Å². The number of nitrogens with zero attached hydrogens (tertiary/aromatic N) is 2. The van der Waals surface area contributed by atoms with Crippen LogP contribution in [0.5, 0.6) is 0 Å². The molecule has 0 aliphatic carbocycles. The van der Waals surface area contributed by atoms with Crippen LogP contribution in [0.25, 0.3) is 0 Å². The van der Waals surface area contributed by atoms with Crippen LogP contribution in [0, 0.1) is 0 Å². The second-order valence-corrected chi connectivity index (χ2v) is 4.51. The minimum absolute atomic E-state index is 0.477. The van der Waals surface area contributed by atoms with Crippen LogP contribution < -0.4 is 4.90 Å². The zero-order valence-electron chi connectivity index (χ0n) is 10.1. The van der Waals surface area contributed by atoms with Gasteiger partial charge >= 0.3 is 0 Å². The number of aliphatic hydroxyl groups is 1. The highest BCUT2D eigenvalue weighted by atomic mass is 16.3. The van der Waals surface area contributed by atoms with Gasteiger partial charge in [0.2, 0.25) is 0 Å². The number of pyridine rings is 1. The van der Waals surface area contributed by atoms with Crippen molar-refractivity contribution in [2.45, 2.75) is 45.3 Å². The van der Waals surface area contributed by atoms with Crippen LogP contribution in [0.1, 0.15) is 44.9 Å². The first kappa shape index (κ1) is 11.4. The summed E-state index contributed by atoms with van der Waals surface area (Å²) in [6.45, 7) is 5.11. The normalized spacial score (nSPS) is 22.4. The second kappa shape index (κ2) is 4.83. The van der Waals surface area contributed by atoms with Gasteiger partial charge in [0.05, 0.1) is 23.7 Å². The molecule has 0 bridgehead atoms. The smallest absolute Gasteiger partial charge is 0.0931 e. The highest BCUT2D eigenvalue weighted by Crippen LogP contribution is 2.27. The van der Waals surface area contributed by atoms with Crippen molar-refractivity contribution >= 4 is 5.69 Å². The van der Waals surface area contributed by atoms with E-state index in [1.54, 1.807) is 6.92 Å². The average molecular weight is 220 g/mol. The molecule has 1 aromatic heterocycles. The van der Waals surface area contributed by atoms with Gasteiger partial charge in [-0.1, -0.05) is 6.92 Å². The van der Waals surface area contributed by atoms with Crippen molar-refractivity contribution in [3.63, 3.8) is 0 Å². The van der Waals surface area contributed by atoms with E-state index in [0.29, 0.717) is 6.04 Å². The number of hydrogen-bond donors (Lipinski definition) is 1. The molecule has 16 heavy (non-hydrogen) atoms. The fourth-order valence-corrected chi connectivity index (χ4v) is 2.41. The van der Waals surface area contributed by atoms with E-state index >= 15 is 0 Å². The van der Waals surface area contributed by atoms with Gasteiger partial charge in [-0.05, 0) is 38.3 Å². The van der Waals surface area contributed by atoms with Crippen LogP contribution in [0.3, 0.4) is 0 Å². The lowest BCUT2D eigenvalue weighted by molar-refractivity contribution is 0.194. The second-order valence-electron chi connectivity index (χ2n) is 4.51. The first-order chi connectivity index (χ1) is 7.72. The van der Waals surface area contributed by atoms with Crippen LogP contribution >= 0.6 is 0 Å². The van der Waals surface area contributed by atoms with E-state index in [4.69, 9.17) is 0 Å². The van der Waals surface area contributed by atoms with Gasteiger partial charge in [-0.2, -0.15) is 0 Å². The van der Waals surface area contributed by atoms with Crippen LogP contribution in [-0.2, 0) is 0 Å². The molecule has 2 heterocycles. The molecule has 0 aromatic carbocycles. The molecule has 88 valence electrons. The van der Waals surface area contributed by atoms with Crippen LogP contribution in [0.2, 0.25) is 0 Å². The lowest BCUT2D eigenvalue weighted by Crippen LogP contribution is -2.28. The molecule has 0 amide bonds. The van der Waals surface area contributed by atoms with Gasteiger partial charge in [-0.15, -0.1) is 0 Å². The number of rotatable bonds is 3. The number of anilines is 1. The molecule has 1 fully saturated rings. The van der Waals surface area contributed by atoms with E-state index < -0.39 is 6.10 Å². The fourth-order valence-electron chi connectivity index (χ4n) is 2.41. The highest BCUT2D eigenvalue weighted by Gasteiger charge is 2.23. The fraction of sp³-hybridized carbons (Fsp3) is 0.615. The maximum atomic E-state index is 9.40. The Hall–Kier alpha value is -1.09. The maximum Gasteiger partial charge on any atom is 0.0931 e. The van der Waals surface area contributed by atoms with Crippen molar-refractivity contribution in [3.05, 3.63) is 24.0 Å². The predicted molar refractivity (Wildman–Crippen MR) is 65.5 cm³/mol. The Labute approximate surface area is 97.1 Å². The van der Waals surface area contributed by atoms with Crippen molar-refractivity contribution < 1.29 is 5.11 Å². The molecule has 1 unspecified atom stereocenters. The molecule has 3 heteroatoms. The number of aliphatic hydroxyl groups excluding tert-OH is 1. The van der Waals surface area contributed by atoms with E-state index in [1.165, 1.54) is 24.9 Å². The van der Waals surface area contributed by atoms with Crippen molar-refractivity contribution in [1.82, 2.24) is 4.98 Å². The molecule has 3 nitrogen and oxygen atoms in total. The summed E-state index contributed by atoms with van der Waals surface area (Å²) in [6.07, 6.45) is 5.16. The number of aromatic nitrogens is 1. The summed E-state index contributed by atoms with van der Waals surface area (Å²) < 4.78 is 0. The maximum absolute atomic E-state index is 9.40. The molecule has 0 saturated carbocycles. The quantitative estimate of drug-likeness (QED) is 0.850. The lowest BCUT2D eigenvalue weighted by Gasteiger charge is -2.25. The third-order valence-corrected chi connectivity index (χ3v) is 3.38. The first-order valence-electron chi connectivity index (χ1n) is 6.13.